The summed E-state index contributed by atoms with van der Waals surface area (Å²) < 4.78 is 18.9. The summed E-state index contributed by atoms with van der Waals surface area (Å²) in [5, 5.41) is 2.41. The molecule has 5 heteroatoms. The van der Waals surface area contributed by atoms with Crippen molar-refractivity contribution in [1.29, 1.82) is 0 Å². The summed E-state index contributed by atoms with van der Waals surface area (Å²) >= 11 is 3.13. The molecule has 0 saturated heterocycles. The van der Waals surface area contributed by atoms with E-state index in [9.17, 15) is 9.18 Å². The number of rotatable bonds is 2. The third-order valence-corrected chi connectivity index (χ3v) is 2.42. The molecule has 2 rings (SSSR count). The van der Waals surface area contributed by atoms with Gasteiger partial charge in [0.15, 0.2) is 5.76 Å². The molecule has 0 aliphatic heterocycles. The van der Waals surface area contributed by atoms with Crippen LogP contribution in [-0.4, -0.2) is 5.91 Å². The molecule has 0 spiro atoms. The molecule has 2 aromatic rings. The topological polar surface area (TPSA) is 42.2 Å². The van der Waals surface area contributed by atoms with Crippen LogP contribution >= 0.6 is 15.9 Å². The summed E-state index contributed by atoms with van der Waals surface area (Å²) in [7, 11) is 0. The van der Waals surface area contributed by atoms with Crippen LogP contribution in [0.4, 0.5) is 10.1 Å². The van der Waals surface area contributed by atoms with Crippen LogP contribution in [0.3, 0.4) is 0 Å². The standard InChI is InChI=1S/C11H7BrFNO2/c12-7-3-4-9(8(13)6-7)14-11(15)10-2-1-5-16-10/h1-6H,(H,14,15). The Hall–Kier alpha value is -1.62. The van der Waals surface area contributed by atoms with Crippen molar-refractivity contribution in [3.8, 4) is 0 Å². The Bertz CT molecular complexity index is 511. The summed E-state index contributed by atoms with van der Waals surface area (Å²) in [6.07, 6.45) is 1.38. The Morgan fingerprint density at radius 2 is 2.19 bits per heavy atom. The van der Waals surface area contributed by atoms with Gasteiger partial charge in [0.05, 0.1) is 12.0 Å². The SMILES string of the molecule is O=C(Nc1ccc(Br)cc1F)c1ccco1. The Kier molecular flexibility index (Phi) is 3.05. The molecular formula is C11H7BrFNO2. The van der Waals surface area contributed by atoms with Gasteiger partial charge in [-0.1, -0.05) is 15.9 Å². The lowest BCUT2D eigenvalue weighted by molar-refractivity contribution is 0.0996. The second-order valence-electron chi connectivity index (χ2n) is 3.06. The highest BCUT2D eigenvalue weighted by Gasteiger charge is 2.11. The lowest BCUT2D eigenvalue weighted by Crippen LogP contribution is -2.11. The predicted octanol–water partition coefficient (Wildman–Crippen LogP) is 3.43. The summed E-state index contributed by atoms with van der Waals surface area (Å²) in [5.41, 5.74) is 0.115. The normalized spacial score (nSPS) is 10.1. The maximum atomic E-state index is 13.4. The van der Waals surface area contributed by atoms with E-state index in [4.69, 9.17) is 4.42 Å². The van der Waals surface area contributed by atoms with Crippen molar-refractivity contribution in [3.05, 3.63) is 52.6 Å². The van der Waals surface area contributed by atoms with Crippen molar-refractivity contribution in [3.63, 3.8) is 0 Å². The monoisotopic (exact) mass is 283 g/mol. The van der Waals surface area contributed by atoms with Crippen molar-refractivity contribution in [2.75, 3.05) is 5.32 Å². The summed E-state index contributed by atoms with van der Waals surface area (Å²) in [6.45, 7) is 0. The van der Waals surface area contributed by atoms with Gasteiger partial charge < -0.3 is 9.73 Å². The first-order valence-corrected chi connectivity index (χ1v) is 5.26. The number of hydrogen-bond donors (Lipinski definition) is 1. The molecule has 0 atom stereocenters. The van der Waals surface area contributed by atoms with Crippen LogP contribution < -0.4 is 5.32 Å². The van der Waals surface area contributed by atoms with Crippen LogP contribution in [0.25, 0.3) is 0 Å². The molecular weight excluding hydrogens is 277 g/mol. The molecule has 0 bridgehead atoms. The van der Waals surface area contributed by atoms with Gasteiger partial charge in [-0.25, -0.2) is 4.39 Å². The van der Waals surface area contributed by atoms with Crippen LogP contribution in [0.2, 0.25) is 0 Å². The number of anilines is 1. The number of benzene rings is 1. The lowest BCUT2D eigenvalue weighted by Gasteiger charge is -2.04. The molecule has 1 amide bonds. The van der Waals surface area contributed by atoms with Crippen LogP contribution in [-0.2, 0) is 0 Å². The van der Waals surface area contributed by atoms with E-state index in [1.807, 2.05) is 0 Å². The van der Waals surface area contributed by atoms with Gasteiger partial charge in [0.1, 0.15) is 5.82 Å². The molecule has 1 aromatic heterocycles. The Morgan fingerprint density at radius 3 is 2.81 bits per heavy atom. The van der Waals surface area contributed by atoms with Crippen molar-refractivity contribution < 1.29 is 13.6 Å². The molecule has 0 radical (unpaired) electrons. The van der Waals surface area contributed by atoms with Gasteiger partial charge >= 0.3 is 0 Å². The fourth-order valence-electron chi connectivity index (χ4n) is 1.18. The molecule has 82 valence electrons. The van der Waals surface area contributed by atoms with E-state index in [0.29, 0.717) is 4.47 Å². The highest BCUT2D eigenvalue weighted by atomic mass is 79.9. The van der Waals surface area contributed by atoms with E-state index in [0.717, 1.165) is 0 Å². The van der Waals surface area contributed by atoms with Crippen molar-refractivity contribution >= 4 is 27.5 Å². The predicted molar refractivity (Wildman–Crippen MR) is 60.8 cm³/mol. The Morgan fingerprint density at radius 1 is 1.38 bits per heavy atom. The highest BCUT2D eigenvalue weighted by molar-refractivity contribution is 9.10. The number of halogens is 2. The largest absolute Gasteiger partial charge is 0.459 e. The van der Waals surface area contributed by atoms with Gasteiger partial charge in [0, 0.05) is 4.47 Å². The maximum absolute atomic E-state index is 13.4. The molecule has 0 saturated carbocycles. The van der Waals surface area contributed by atoms with E-state index >= 15 is 0 Å². The average Bonchev–Trinajstić information content (AvgIpc) is 2.75. The number of nitrogens with one attached hydrogen (secondary N) is 1. The maximum Gasteiger partial charge on any atom is 0.291 e. The first-order chi connectivity index (χ1) is 7.66. The molecule has 1 heterocycles. The highest BCUT2D eigenvalue weighted by Crippen LogP contribution is 2.19. The zero-order valence-corrected chi connectivity index (χ0v) is 9.62. The Balaban J connectivity index is 2.18. The molecule has 1 N–H and O–H groups in total. The molecule has 1 aromatic carbocycles. The third kappa shape index (κ3) is 2.30. The minimum Gasteiger partial charge on any atom is -0.459 e. The van der Waals surface area contributed by atoms with E-state index in [1.54, 1.807) is 12.1 Å². The summed E-state index contributed by atoms with van der Waals surface area (Å²) in [4.78, 5) is 11.5. The van der Waals surface area contributed by atoms with Gasteiger partial charge in [0.2, 0.25) is 0 Å². The number of carbonyl (C=O) groups is 1. The lowest BCUT2D eigenvalue weighted by atomic mass is 10.3. The van der Waals surface area contributed by atoms with Crippen molar-refractivity contribution in [2.45, 2.75) is 0 Å². The van der Waals surface area contributed by atoms with E-state index < -0.39 is 11.7 Å². The van der Waals surface area contributed by atoms with Gasteiger partial charge in [0.25, 0.3) is 5.91 Å². The van der Waals surface area contributed by atoms with Crippen molar-refractivity contribution in [1.82, 2.24) is 0 Å². The number of carbonyl (C=O) groups excluding carboxylic acids is 1. The van der Waals surface area contributed by atoms with Crippen LogP contribution in [0.15, 0.2) is 45.5 Å². The molecule has 16 heavy (non-hydrogen) atoms. The van der Waals surface area contributed by atoms with Crippen LogP contribution in [0, 0.1) is 5.82 Å². The minimum atomic E-state index is -0.505. The van der Waals surface area contributed by atoms with E-state index in [2.05, 4.69) is 21.2 Å². The fraction of sp³-hybridized carbons (Fsp3) is 0. The number of amides is 1. The third-order valence-electron chi connectivity index (χ3n) is 1.92. The van der Waals surface area contributed by atoms with Crippen molar-refractivity contribution in [2.24, 2.45) is 0 Å². The zero-order chi connectivity index (χ0) is 11.5. The number of hydrogen-bond acceptors (Lipinski definition) is 2. The summed E-state index contributed by atoms with van der Waals surface area (Å²) in [6, 6.07) is 7.48. The first-order valence-electron chi connectivity index (χ1n) is 4.47. The molecule has 0 aliphatic rings. The molecule has 0 aliphatic carbocycles. The molecule has 3 nitrogen and oxygen atoms in total. The zero-order valence-electron chi connectivity index (χ0n) is 8.04. The van der Waals surface area contributed by atoms with Gasteiger partial charge in [-0.3, -0.25) is 4.79 Å². The van der Waals surface area contributed by atoms with E-state index in [1.165, 1.54) is 24.5 Å². The van der Waals surface area contributed by atoms with E-state index in [-0.39, 0.29) is 11.4 Å². The van der Waals surface area contributed by atoms with Crippen LogP contribution in [0.5, 0.6) is 0 Å². The second kappa shape index (κ2) is 4.49. The summed E-state index contributed by atoms with van der Waals surface area (Å²) in [5.74, 6) is -0.845. The Labute approximate surface area is 99.4 Å². The molecule has 0 unspecified atom stereocenters. The minimum absolute atomic E-state index is 0.115. The fourth-order valence-corrected chi connectivity index (χ4v) is 1.52. The van der Waals surface area contributed by atoms with Crippen LogP contribution in [0.1, 0.15) is 10.6 Å². The molecule has 0 fully saturated rings. The smallest absolute Gasteiger partial charge is 0.291 e. The van der Waals surface area contributed by atoms with Gasteiger partial charge in [-0.2, -0.15) is 0 Å². The number of furan rings is 1. The van der Waals surface area contributed by atoms with Gasteiger partial charge in [-0.05, 0) is 30.3 Å². The first kappa shape index (κ1) is 10.9. The quantitative estimate of drug-likeness (QED) is 0.918. The van der Waals surface area contributed by atoms with Gasteiger partial charge in [-0.15, -0.1) is 0 Å². The average molecular weight is 284 g/mol. The second-order valence-corrected chi connectivity index (χ2v) is 3.97.